The van der Waals surface area contributed by atoms with Crippen LogP contribution < -0.4 is 0 Å². The third kappa shape index (κ3) is 2.92. The van der Waals surface area contributed by atoms with E-state index in [4.69, 9.17) is 9.63 Å². The average molecular weight is 332 g/mol. The van der Waals surface area contributed by atoms with Crippen LogP contribution in [-0.4, -0.2) is 25.8 Å². The Bertz CT molecular complexity index is 1020. The lowest BCUT2D eigenvalue weighted by atomic mass is 10.1. The fraction of sp³-hybridized carbons (Fsp3) is 0. The standard InChI is InChI=1S/C19H13N3O3/c23-19(24)15-5-3-4-14(12-15)17-20-18(25-21-17)13-6-8-16(9-7-13)22-10-1-2-11-22/h1-12H,(H,23,24)/p+1. The van der Waals surface area contributed by atoms with Gasteiger partial charge in [-0.1, -0.05) is 17.3 Å². The molecule has 0 radical (unpaired) electrons. The third-order valence-electron chi connectivity index (χ3n) is 3.83. The zero-order chi connectivity index (χ0) is 17.2. The number of rotatable bonds is 4. The van der Waals surface area contributed by atoms with E-state index >= 15 is 0 Å². The van der Waals surface area contributed by atoms with Gasteiger partial charge in [0.1, 0.15) is 5.56 Å². The van der Waals surface area contributed by atoms with Crippen LogP contribution in [0.25, 0.3) is 28.5 Å². The van der Waals surface area contributed by atoms with Crippen LogP contribution in [0.15, 0.2) is 77.6 Å². The molecular formula is C19H14N3O3+. The number of benzene rings is 2. The maximum absolute atomic E-state index is 11.2. The van der Waals surface area contributed by atoms with Crippen molar-refractivity contribution in [2.75, 3.05) is 0 Å². The number of nitrogens with zero attached hydrogens (tertiary/aromatic N) is 3. The zero-order valence-electron chi connectivity index (χ0n) is 13.1. The monoisotopic (exact) mass is 332 g/mol. The van der Waals surface area contributed by atoms with E-state index in [0.717, 1.165) is 11.3 Å². The van der Waals surface area contributed by atoms with Crippen molar-refractivity contribution >= 4 is 5.97 Å². The summed E-state index contributed by atoms with van der Waals surface area (Å²) in [5.41, 5.74) is 2.77. The minimum Gasteiger partial charge on any atom is -0.561 e. The predicted octanol–water partition coefficient (Wildman–Crippen LogP) is 3.06. The molecule has 4 rings (SSSR count). The molecule has 25 heavy (non-hydrogen) atoms. The molecule has 0 bridgehead atoms. The predicted molar refractivity (Wildman–Crippen MR) is 92.4 cm³/mol. The lowest BCUT2D eigenvalue weighted by molar-refractivity contribution is 0.0697. The molecule has 0 saturated heterocycles. The van der Waals surface area contributed by atoms with E-state index in [2.05, 4.69) is 10.1 Å². The lowest BCUT2D eigenvalue weighted by Crippen LogP contribution is -1.96. The second-order valence-electron chi connectivity index (χ2n) is 5.47. The fourth-order valence-electron chi connectivity index (χ4n) is 2.54. The maximum atomic E-state index is 11.2. The van der Waals surface area contributed by atoms with E-state index < -0.39 is 5.97 Å². The van der Waals surface area contributed by atoms with Crippen LogP contribution in [0.4, 0.5) is 0 Å². The number of carbonyl (C=O) groups is 1. The summed E-state index contributed by atoms with van der Waals surface area (Å²) in [6.45, 7) is 0. The van der Waals surface area contributed by atoms with Gasteiger partial charge >= 0.3 is 5.97 Å². The number of hydrogen-bond acceptors (Lipinski definition) is 4. The molecule has 0 aliphatic carbocycles. The molecule has 0 saturated carbocycles. The van der Waals surface area contributed by atoms with Gasteiger partial charge in [0.2, 0.25) is 5.82 Å². The van der Waals surface area contributed by atoms with Crippen LogP contribution in [0.1, 0.15) is 10.4 Å². The maximum Gasteiger partial charge on any atom is 0.549 e. The van der Waals surface area contributed by atoms with Gasteiger partial charge < -0.3 is 14.2 Å². The van der Waals surface area contributed by atoms with E-state index in [1.807, 2.05) is 53.4 Å². The summed E-state index contributed by atoms with van der Waals surface area (Å²) in [5, 5.41) is 11.2. The molecule has 0 amide bonds. The molecule has 0 spiro atoms. The normalized spacial score (nSPS) is 10.7. The average Bonchev–Trinajstić information content (AvgIpc) is 3.34. The summed E-state index contributed by atoms with van der Waals surface area (Å²) in [4.78, 5) is 15.6. The van der Waals surface area contributed by atoms with Crippen LogP contribution in [0.5, 0.6) is 0 Å². The minimum absolute atomic E-state index is 0.292. The van der Waals surface area contributed by atoms with Crippen molar-refractivity contribution in [3.63, 3.8) is 0 Å². The quantitative estimate of drug-likeness (QED) is 0.538. The van der Waals surface area contributed by atoms with Crippen molar-refractivity contribution < 1.29 is 14.4 Å². The molecule has 6 heteroatoms. The third-order valence-corrected chi connectivity index (χ3v) is 3.83. The van der Waals surface area contributed by atoms with E-state index in [9.17, 15) is 4.79 Å². The molecule has 122 valence electrons. The highest BCUT2D eigenvalue weighted by molar-refractivity contribution is 5.89. The summed E-state index contributed by atoms with van der Waals surface area (Å²) >= 11 is 0. The molecule has 2 aromatic carbocycles. The Kier molecular flexibility index (Phi) is 3.63. The second kappa shape index (κ2) is 6.09. The van der Waals surface area contributed by atoms with Crippen molar-refractivity contribution in [3.8, 4) is 28.5 Å². The minimum atomic E-state index is -0.744. The Morgan fingerprint density at radius 3 is 2.44 bits per heavy atom. The summed E-state index contributed by atoms with van der Waals surface area (Å²) in [6, 6.07) is 18.3. The van der Waals surface area contributed by atoms with Gasteiger partial charge in [-0.15, -0.1) is 0 Å². The highest BCUT2D eigenvalue weighted by Gasteiger charge is 2.15. The molecule has 0 aliphatic rings. The first kappa shape index (κ1) is 14.9. The largest absolute Gasteiger partial charge is 0.561 e. The van der Waals surface area contributed by atoms with Crippen LogP contribution in [0, 0.1) is 0 Å². The molecule has 2 aromatic heterocycles. The molecule has 2 N–H and O–H groups in total. The Morgan fingerprint density at radius 1 is 0.960 bits per heavy atom. The van der Waals surface area contributed by atoms with E-state index in [1.54, 1.807) is 24.3 Å². The van der Waals surface area contributed by atoms with E-state index in [1.165, 1.54) is 0 Å². The molecule has 0 fully saturated rings. The summed E-state index contributed by atoms with van der Waals surface area (Å²) in [5.74, 6) is 0.0374. The van der Waals surface area contributed by atoms with Crippen molar-refractivity contribution in [2.45, 2.75) is 0 Å². The molecule has 0 aliphatic heterocycles. The van der Waals surface area contributed by atoms with Gasteiger partial charge in [-0.05, 0) is 48.5 Å². The van der Waals surface area contributed by atoms with Gasteiger partial charge in [-0.2, -0.15) is 4.98 Å². The Labute approximate surface area is 143 Å². The van der Waals surface area contributed by atoms with Crippen molar-refractivity contribution in [2.24, 2.45) is 0 Å². The Hall–Kier alpha value is -3.67. The lowest BCUT2D eigenvalue weighted by Gasteiger charge is -2.02. The van der Waals surface area contributed by atoms with Gasteiger partial charge in [0, 0.05) is 34.0 Å². The number of hydrogen-bond donors (Lipinski definition) is 0. The molecule has 2 heterocycles. The molecule has 0 unspecified atom stereocenters. The number of aromatic nitrogens is 3. The van der Waals surface area contributed by atoms with Crippen LogP contribution in [-0.2, 0) is 0 Å². The zero-order valence-corrected chi connectivity index (χ0v) is 13.1. The van der Waals surface area contributed by atoms with Crippen LogP contribution in [0.3, 0.4) is 0 Å². The second-order valence-corrected chi connectivity index (χ2v) is 5.47. The number of carbonyl (C=O) groups excluding carboxylic acids is 1. The Morgan fingerprint density at radius 2 is 1.72 bits per heavy atom. The molecule has 6 nitrogen and oxygen atoms in total. The van der Waals surface area contributed by atoms with Gasteiger partial charge in [0.05, 0.1) is 0 Å². The molecule has 0 atom stereocenters. The first-order chi connectivity index (χ1) is 12.2. The van der Waals surface area contributed by atoms with Gasteiger partial charge in [-0.25, -0.2) is 0 Å². The van der Waals surface area contributed by atoms with Crippen molar-refractivity contribution in [1.82, 2.24) is 14.7 Å². The van der Waals surface area contributed by atoms with Gasteiger partial charge in [0.25, 0.3) is 5.89 Å². The first-order valence-electron chi connectivity index (χ1n) is 7.64. The Balaban J connectivity index is 1.63. The van der Waals surface area contributed by atoms with Crippen molar-refractivity contribution in [1.29, 1.82) is 0 Å². The highest BCUT2D eigenvalue weighted by atomic mass is 16.5. The molecule has 4 aromatic rings. The van der Waals surface area contributed by atoms with Gasteiger partial charge in [-0.3, -0.25) is 0 Å². The van der Waals surface area contributed by atoms with Crippen LogP contribution >= 0.6 is 0 Å². The topological polar surface area (TPSA) is 83.8 Å². The summed E-state index contributed by atoms with van der Waals surface area (Å²) in [7, 11) is 0. The van der Waals surface area contributed by atoms with Crippen LogP contribution in [0.2, 0.25) is 0 Å². The van der Waals surface area contributed by atoms with E-state index in [0.29, 0.717) is 22.8 Å². The summed E-state index contributed by atoms with van der Waals surface area (Å²) < 4.78 is 7.34. The SMILES string of the molecule is O=C([OH2+])c1cccc(-c2noc(-c3ccc(-n4cccc4)cc3)n2)c1. The fourth-order valence-corrected chi connectivity index (χ4v) is 2.54. The van der Waals surface area contributed by atoms with E-state index in [-0.39, 0.29) is 0 Å². The molecular weight excluding hydrogens is 318 g/mol. The van der Waals surface area contributed by atoms with Crippen molar-refractivity contribution in [3.05, 3.63) is 78.6 Å². The smallest absolute Gasteiger partial charge is 0.549 e. The highest BCUT2D eigenvalue weighted by Crippen LogP contribution is 2.24. The first-order valence-corrected chi connectivity index (χ1v) is 7.64. The summed E-state index contributed by atoms with van der Waals surface area (Å²) in [6.07, 6.45) is 3.95. The van der Waals surface area contributed by atoms with Gasteiger partial charge in [0.15, 0.2) is 0 Å².